The van der Waals surface area contributed by atoms with E-state index in [1.165, 1.54) is 12.1 Å². The highest BCUT2D eigenvalue weighted by Crippen LogP contribution is 2.10. The van der Waals surface area contributed by atoms with Crippen LogP contribution in [0.25, 0.3) is 0 Å². The number of anilines is 1. The number of nitrogens with two attached hydrogens (primary N) is 1. The van der Waals surface area contributed by atoms with Gasteiger partial charge in [-0.25, -0.2) is 9.37 Å². The van der Waals surface area contributed by atoms with Gasteiger partial charge in [-0.2, -0.15) is 0 Å². The minimum absolute atomic E-state index is 0.253. The van der Waals surface area contributed by atoms with Gasteiger partial charge >= 0.3 is 0 Å². The largest absolute Gasteiger partial charge is 0.380 e. The number of hydrogen-bond donors (Lipinski definition) is 3. The fraction of sp³-hybridized carbons (Fsp3) is 0.200. The minimum atomic E-state index is -0.264. The highest BCUT2D eigenvalue weighted by atomic mass is 19.1. The molecular weight excluding hydrogens is 271 g/mol. The number of aromatic nitrogens is 1. The van der Waals surface area contributed by atoms with Gasteiger partial charge in [0, 0.05) is 19.6 Å². The van der Waals surface area contributed by atoms with Gasteiger partial charge in [-0.15, -0.1) is 0 Å². The molecule has 4 N–H and O–H groups in total. The maximum Gasteiger partial charge on any atom is 0.269 e. The molecule has 0 bridgehead atoms. The molecule has 1 aromatic heterocycles. The summed E-state index contributed by atoms with van der Waals surface area (Å²) in [5, 5.41) is 5.76. The van der Waals surface area contributed by atoms with Crippen LogP contribution in [-0.2, 0) is 6.54 Å². The second kappa shape index (κ2) is 7.35. The van der Waals surface area contributed by atoms with E-state index in [2.05, 4.69) is 15.6 Å². The van der Waals surface area contributed by atoms with Crippen molar-refractivity contribution in [2.45, 2.75) is 6.54 Å². The first kappa shape index (κ1) is 14.9. The predicted octanol–water partition coefficient (Wildman–Crippen LogP) is 1.52. The summed E-state index contributed by atoms with van der Waals surface area (Å²) in [5.74, 6) is -0.517. The van der Waals surface area contributed by atoms with Crippen molar-refractivity contribution in [3.63, 3.8) is 0 Å². The van der Waals surface area contributed by atoms with E-state index in [1.807, 2.05) is 6.07 Å². The molecule has 0 aliphatic heterocycles. The molecule has 0 saturated heterocycles. The lowest BCUT2D eigenvalue weighted by molar-refractivity contribution is 0.0950. The monoisotopic (exact) mass is 288 g/mol. The Labute approximate surface area is 122 Å². The zero-order valence-electron chi connectivity index (χ0n) is 11.5. The van der Waals surface area contributed by atoms with Gasteiger partial charge in [0.1, 0.15) is 11.5 Å². The van der Waals surface area contributed by atoms with Crippen LogP contribution in [0.2, 0.25) is 0 Å². The van der Waals surface area contributed by atoms with Gasteiger partial charge in [-0.05, 0) is 29.8 Å². The molecule has 0 aliphatic rings. The van der Waals surface area contributed by atoms with Crippen molar-refractivity contribution in [2.24, 2.45) is 5.73 Å². The molecule has 2 rings (SSSR count). The molecule has 1 amide bonds. The Morgan fingerprint density at radius 2 is 2.14 bits per heavy atom. The first-order valence-electron chi connectivity index (χ1n) is 6.61. The van der Waals surface area contributed by atoms with E-state index in [9.17, 15) is 9.18 Å². The number of nitrogens with one attached hydrogen (secondary N) is 2. The van der Waals surface area contributed by atoms with E-state index in [0.717, 1.165) is 11.3 Å². The molecular formula is C15H17FN4O. The molecule has 0 radical (unpaired) electrons. The summed E-state index contributed by atoms with van der Waals surface area (Å²) < 4.78 is 13.0. The maximum atomic E-state index is 13.0. The summed E-state index contributed by atoms with van der Waals surface area (Å²) >= 11 is 0. The van der Waals surface area contributed by atoms with Gasteiger partial charge in [0.05, 0.1) is 11.9 Å². The van der Waals surface area contributed by atoms with Gasteiger partial charge in [-0.1, -0.05) is 12.1 Å². The number of benzene rings is 1. The van der Waals surface area contributed by atoms with Crippen molar-refractivity contribution in [3.8, 4) is 0 Å². The van der Waals surface area contributed by atoms with Crippen LogP contribution in [0.3, 0.4) is 0 Å². The first-order chi connectivity index (χ1) is 10.2. The molecule has 0 atom stereocenters. The van der Waals surface area contributed by atoms with E-state index in [0.29, 0.717) is 25.3 Å². The fourth-order valence-electron chi connectivity index (χ4n) is 1.76. The topological polar surface area (TPSA) is 80.0 Å². The van der Waals surface area contributed by atoms with E-state index in [4.69, 9.17) is 5.73 Å². The lowest BCUT2D eigenvalue weighted by Gasteiger charge is -2.07. The second-order valence-corrected chi connectivity index (χ2v) is 4.46. The Morgan fingerprint density at radius 3 is 2.81 bits per heavy atom. The Kier molecular flexibility index (Phi) is 5.22. The summed E-state index contributed by atoms with van der Waals surface area (Å²) in [6.07, 6.45) is 1.57. The number of pyridine rings is 1. The number of rotatable bonds is 6. The van der Waals surface area contributed by atoms with Crippen molar-refractivity contribution in [2.75, 3.05) is 18.4 Å². The Morgan fingerprint density at radius 1 is 1.29 bits per heavy atom. The van der Waals surface area contributed by atoms with Gasteiger partial charge < -0.3 is 16.4 Å². The van der Waals surface area contributed by atoms with E-state index in [-0.39, 0.29) is 11.7 Å². The van der Waals surface area contributed by atoms with Crippen molar-refractivity contribution >= 4 is 11.6 Å². The summed E-state index contributed by atoms with van der Waals surface area (Å²) in [5.41, 5.74) is 7.24. The van der Waals surface area contributed by atoms with E-state index >= 15 is 0 Å². The number of amides is 1. The smallest absolute Gasteiger partial charge is 0.269 e. The van der Waals surface area contributed by atoms with Gasteiger partial charge in [-0.3, -0.25) is 4.79 Å². The third kappa shape index (κ3) is 4.54. The molecule has 5 nitrogen and oxygen atoms in total. The summed E-state index contributed by atoms with van der Waals surface area (Å²) in [4.78, 5) is 15.7. The van der Waals surface area contributed by atoms with Crippen LogP contribution in [0.1, 0.15) is 16.1 Å². The Bertz CT molecular complexity index is 601. The Balaban J connectivity index is 1.92. The molecule has 0 aliphatic carbocycles. The van der Waals surface area contributed by atoms with Crippen LogP contribution in [0.5, 0.6) is 0 Å². The van der Waals surface area contributed by atoms with Crippen LogP contribution in [0, 0.1) is 5.82 Å². The standard InChI is InChI=1S/C15H17FN4O/c16-12-3-1-2-11(8-12)9-19-13-4-5-14(20-10-13)15(21)18-7-6-17/h1-5,8,10,19H,6-7,9,17H2,(H,18,21). The third-order valence-electron chi connectivity index (χ3n) is 2.81. The molecule has 21 heavy (non-hydrogen) atoms. The zero-order chi connectivity index (χ0) is 15.1. The van der Waals surface area contributed by atoms with Crippen molar-refractivity contribution in [1.82, 2.24) is 10.3 Å². The van der Waals surface area contributed by atoms with Crippen molar-refractivity contribution in [3.05, 3.63) is 59.7 Å². The second-order valence-electron chi connectivity index (χ2n) is 4.46. The fourth-order valence-corrected chi connectivity index (χ4v) is 1.76. The van der Waals surface area contributed by atoms with Crippen molar-refractivity contribution in [1.29, 1.82) is 0 Å². The van der Waals surface area contributed by atoms with Crippen molar-refractivity contribution < 1.29 is 9.18 Å². The summed E-state index contributed by atoms with van der Waals surface area (Å²) in [7, 11) is 0. The number of carbonyl (C=O) groups excluding carboxylic acids is 1. The summed E-state index contributed by atoms with van der Waals surface area (Å²) in [6.45, 7) is 1.29. The lowest BCUT2D eigenvalue weighted by Crippen LogP contribution is -2.29. The molecule has 1 aromatic carbocycles. The average Bonchev–Trinajstić information content (AvgIpc) is 2.51. The highest BCUT2D eigenvalue weighted by molar-refractivity contribution is 5.92. The SMILES string of the molecule is NCCNC(=O)c1ccc(NCc2cccc(F)c2)cn1. The van der Waals surface area contributed by atoms with E-state index < -0.39 is 0 Å². The van der Waals surface area contributed by atoms with Crippen LogP contribution in [0.4, 0.5) is 10.1 Å². The number of nitrogens with zero attached hydrogens (tertiary/aromatic N) is 1. The number of halogens is 1. The van der Waals surface area contributed by atoms with Gasteiger partial charge in [0.25, 0.3) is 5.91 Å². The van der Waals surface area contributed by atoms with Gasteiger partial charge in [0.15, 0.2) is 0 Å². The first-order valence-corrected chi connectivity index (χ1v) is 6.61. The highest BCUT2D eigenvalue weighted by Gasteiger charge is 2.05. The molecule has 1 heterocycles. The molecule has 0 spiro atoms. The quantitative estimate of drug-likeness (QED) is 0.753. The molecule has 2 aromatic rings. The third-order valence-corrected chi connectivity index (χ3v) is 2.81. The van der Waals surface area contributed by atoms with E-state index in [1.54, 1.807) is 24.4 Å². The predicted molar refractivity (Wildman–Crippen MR) is 79.4 cm³/mol. The molecule has 0 saturated carbocycles. The number of hydrogen-bond acceptors (Lipinski definition) is 4. The van der Waals surface area contributed by atoms with Crippen LogP contribution >= 0.6 is 0 Å². The summed E-state index contributed by atoms with van der Waals surface area (Å²) in [6, 6.07) is 9.74. The van der Waals surface area contributed by atoms with Crippen LogP contribution < -0.4 is 16.4 Å². The molecule has 6 heteroatoms. The number of carbonyl (C=O) groups is 1. The molecule has 0 unspecified atom stereocenters. The minimum Gasteiger partial charge on any atom is -0.380 e. The van der Waals surface area contributed by atoms with Gasteiger partial charge in [0.2, 0.25) is 0 Å². The maximum absolute atomic E-state index is 13.0. The lowest BCUT2D eigenvalue weighted by atomic mass is 10.2. The molecule has 0 fully saturated rings. The zero-order valence-corrected chi connectivity index (χ0v) is 11.5. The van der Waals surface area contributed by atoms with Crippen LogP contribution in [-0.4, -0.2) is 24.0 Å². The normalized spacial score (nSPS) is 10.2. The van der Waals surface area contributed by atoms with Crippen LogP contribution in [0.15, 0.2) is 42.6 Å². The Hall–Kier alpha value is -2.47. The average molecular weight is 288 g/mol. The molecule has 110 valence electrons.